The normalized spacial score (nSPS) is 40.7. The summed E-state index contributed by atoms with van der Waals surface area (Å²) in [6, 6.07) is 0. The van der Waals surface area contributed by atoms with Gasteiger partial charge in [-0.15, -0.1) is 0 Å². The summed E-state index contributed by atoms with van der Waals surface area (Å²) in [5.41, 5.74) is 0. The monoisotopic (exact) mass is 532 g/mol. The minimum atomic E-state index is -0.828. The number of rotatable bonds is 3. The summed E-state index contributed by atoms with van der Waals surface area (Å²) in [5, 5.41) is 42.7. The Morgan fingerprint density at radius 1 is 0.921 bits per heavy atom. The third kappa shape index (κ3) is 12.2. The zero-order valence-corrected chi connectivity index (χ0v) is 24.2. The Labute approximate surface area is 230 Å². The summed E-state index contributed by atoms with van der Waals surface area (Å²) in [7, 11) is 0. The molecular weight excluding hydrogens is 480 g/mol. The van der Waals surface area contributed by atoms with Crippen molar-refractivity contribution in [2.75, 3.05) is 0 Å². The molecule has 0 aromatic rings. The molecule has 0 spiro atoms. The highest BCUT2D eigenvalue weighted by Crippen LogP contribution is 2.28. The number of carbonyl (C=O) groups excluding carboxylic acids is 1. The van der Waals surface area contributed by atoms with Crippen molar-refractivity contribution in [3.63, 3.8) is 0 Å². The lowest BCUT2D eigenvalue weighted by Crippen LogP contribution is -2.37. The van der Waals surface area contributed by atoms with Gasteiger partial charge in [0.15, 0.2) is 0 Å². The van der Waals surface area contributed by atoms with E-state index >= 15 is 0 Å². The van der Waals surface area contributed by atoms with Crippen LogP contribution in [0.4, 0.5) is 0 Å². The molecule has 1 aliphatic heterocycles. The molecule has 11 atom stereocenters. The standard InChI is InChI=1S/C32H52O6/c1-8-9-12-24(5)32-26(7)28(34)18-15-21(2)19-25(6)31(37)23(4)16-17-27(33)20-29(35)22(3)13-10-11-14-30(36)38-32/h8-14,16-17,21-29,31-35,37H,1,15,18-20H2,2-7H3/b12-9?,13-10+,14-11+,17-16+/t21-,22+,23+,24+,25+,26+,27-,28?,29+,31+,32+/m1/s1. The van der Waals surface area contributed by atoms with Crippen LogP contribution >= 0.6 is 0 Å². The first-order valence-electron chi connectivity index (χ1n) is 14.1. The summed E-state index contributed by atoms with van der Waals surface area (Å²) < 4.78 is 5.81. The number of carbonyl (C=O) groups is 1. The van der Waals surface area contributed by atoms with Crippen molar-refractivity contribution >= 4 is 5.97 Å². The molecule has 0 saturated heterocycles. The quantitative estimate of drug-likeness (QED) is 0.228. The molecule has 0 aromatic heterocycles. The van der Waals surface area contributed by atoms with Crippen molar-refractivity contribution in [2.24, 2.45) is 35.5 Å². The highest BCUT2D eigenvalue weighted by molar-refractivity contribution is 5.82. The number of ether oxygens (including phenoxy) is 1. The first-order valence-corrected chi connectivity index (χ1v) is 14.1. The van der Waals surface area contributed by atoms with Crippen LogP contribution in [0.5, 0.6) is 0 Å². The van der Waals surface area contributed by atoms with Crippen LogP contribution < -0.4 is 0 Å². The number of aliphatic hydroxyl groups excluding tert-OH is 4. The molecule has 1 unspecified atom stereocenters. The van der Waals surface area contributed by atoms with Crippen LogP contribution in [0.2, 0.25) is 0 Å². The van der Waals surface area contributed by atoms with E-state index in [2.05, 4.69) is 13.5 Å². The van der Waals surface area contributed by atoms with Gasteiger partial charge in [-0.1, -0.05) is 96.7 Å². The predicted octanol–water partition coefficient (Wildman–Crippen LogP) is 5.14. The van der Waals surface area contributed by atoms with Gasteiger partial charge in [0.1, 0.15) is 6.10 Å². The average Bonchev–Trinajstić information content (AvgIpc) is 2.88. The molecular formula is C32H52O6. The molecule has 1 rings (SSSR count). The summed E-state index contributed by atoms with van der Waals surface area (Å²) in [5.74, 6) is -0.976. The number of hydrogen-bond acceptors (Lipinski definition) is 6. The van der Waals surface area contributed by atoms with E-state index in [9.17, 15) is 25.2 Å². The maximum absolute atomic E-state index is 12.6. The van der Waals surface area contributed by atoms with Crippen molar-refractivity contribution in [3.8, 4) is 0 Å². The molecule has 1 heterocycles. The molecule has 0 fully saturated rings. The van der Waals surface area contributed by atoms with E-state index in [4.69, 9.17) is 4.74 Å². The van der Waals surface area contributed by atoms with Crippen LogP contribution in [0.15, 0.2) is 61.3 Å². The molecule has 4 N–H and O–H groups in total. The van der Waals surface area contributed by atoms with Gasteiger partial charge in [0, 0.05) is 36.2 Å². The lowest BCUT2D eigenvalue weighted by molar-refractivity contribution is -0.150. The smallest absolute Gasteiger partial charge is 0.331 e. The zero-order chi connectivity index (χ0) is 28.8. The van der Waals surface area contributed by atoms with Crippen molar-refractivity contribution < 1.29 is 30.0 Å². The molecule has 0 amide bonds. The molecule has 6 nitrogen and oxygen atoms in total. The molecule has 38 heavy (non-hydrogen) atoms. The lowest BCUT2D eigenvalue weighted by atomic mass is 9.82. The maximum atomic E-state index is 12.6. The molecule has 0 bridgehead atoms. The third-order valence-electron chi connectivity index (χ3n) is 7.78. The van der Waals surface area contributed by atoms with E-state index in [0.29, 0.717) is 6.42 Å². The van der Waals surface area contributed by atoms with Crippen LogP contribution in [0.25, 0.3) is 0 Å². The van der Waals surface area contributed by atoms with E-state index in [1.165, 1.54) is 6.08 Å². The minimum Gasteiger partial charge on any atom is -0.458 e. The van der Waals surface area contributed by atoms with Gasteiger partial charge in [-0.25, -0.2) is 4.79 Å². The van der Waals surface area contributed by atoms with Crippen molar-refractivity contribution in [3.05, 3.63) is 61.3 Å². The van der Waals surface area contributed by atoms with Gasteiger partial charge in [0.2, 0.25) is 0 Å². The SMILES string of the molecule is C=CC=C[C@H](C)[C@@H]1OC(=O)/C=C/C=C/[C@H](C)[C@@H](O)C[C@H](O)/C=C/[C@H](C)[C@H](O)[C@@H](C)C[C@H](C)CCC(O)[C@@H]1C. The summed E-state index contributed by atoms with van der Waals surface area (Å²) >= 11 is 0. The molecule has 216 valence electrons. The van der Waals surface area contributed by atoms with Gasteiger partial charge in [-0.05, 0) is 31.1 Å². The van der Waals surface area contributed by atoms with Crippen LogP contribution in [-0.2, 0) is 9.53 Å². The fourth-order valence-electron chi connectivity index (χ4n) is 5.04. The van der Waals surface area contributed by atoms with Gasteiger partial charge < -0.3 is 25.2 Å². The van der Waals surface area contributed by atoms with Crippen LogP contribution in [0.3, 0.4) is 0 Å². The second-order valence-electron chi connectivity index (χ2n) is 11.4. The summed E-state index contributed by atoms with van der Waals surface area (Å²) in [4.78, 5) is 12.6. The predicted molar refractivity (Wildman–Crippen MR) is 154 cm³/mol. The van der Waals surface area contributed by atoms with E-state index in [0.717, 1.165) is 12.8 Å². The Morgan fingerprint density at radius 2 is 1.61 bits per heavy atom. The molecule has 1 aliphatic rings. The fourth-order valence-corrected chi connectivity index (χ4v) is 5.04. The minimum absolute atomic E-state index is 0.0366. The van der Waals surface area contributed by atoms with Gasteiger partial charge in [-0.3, -0.25) is 0 Å². The second kappa shape index (κ2) is 17.6. The van der Waals surface area contributed by atoms with Gasteiger partial charge in [-0.2, -0.15) is 0 Å². The molecule has 0 aromatic carbocycles. The third-order valence-corrected chi connectivity index (χ3v) is 7.78. The first-order chi connectivity index (χ1) is 17.9. The fraction of sp³-hybridized carbons (Fsp3) is 0.656. The van der Waals surface area contributed by atoms with Crippen molar-refractivity contribution in [1.82, 2.24) is 0 Å². The van der Waals surface area contributed by atoms with Crippen LogP contribution in [0.1, 0.15) is 67.2 Å². The van der Waals surface area contributed by atoms with Crippen LogP contribution in [0, 0.1) is 35.5 Å². The molecule has 6 heteroatoms. The highest BCUT2D eigenvalue weighted by atomic mass is 16.5. The topological polar surface area (TPSA) is 107 Å². The Balaban J connectivity index is 3.17. The van der Waals surface area contributed by atoms with Crippen molar-refractivity contribution in [1.29, 1.82) is 0 Å². The number of cyclic esters (lactones) is 1. The largest absolute Gasteiger partial charge is 0.458 e. The van der Waals surface area contributed by atoms with E-state index in [1.54, 1.807) is 30.4 Å². The van der Waals surface area contributed by atoms with Gasteiger partial charge >= 0.3 is 5.97 Å². The molecule has 0 radical (unpaired) electrons. The van der Waals surface area contributed by atoms with Crippen LogP contribution in [-0.4, -0.2) is 56.9 Å². The van der Waals surface area contributed by atoms with E-state index in [-0.39, 0.29) is 41.9 Å². The summed E-state index contributed by atoms with van der Waals surface area (Å²) in [6.07, 6.45) is 14.2. The zero-order valence-electron chi connectivity index (χ0n) is 24.2. The Morgan fingerprint density at radius 3 is 2.26 bits per heavy atom. The number of hydrogen-bond donors (Lipinski definition) is 4. The Bertz CT molecular complexity index is 815. The Kier molecular flexibility index (Phi) is 15.7. The van der Waals surface area contributed by atoms with Gasteiger partial charge in [0.25, 0.3) is 0 Å². The lowest BCUT2D eigenvalue weighted by Gasteiger charge is -2.31. The van der Waals surface area contributed by atoms with E-state index < -0.39 is 36.5 Å². The number of allylic oxidation sites excluding steroid dienone is 4. The number of esters is 1. The molecule has 0 saturated carbocycles. The summed E-state index contributed by atoms with van der Waals surface area (Å²) in [6.45, 7) is 15.5. The first kappa shape index (κ1) is 34.0. The van der Waals surface area contributed by atoms with Gasteiger partial charge in [0.05, 0.1) is 24.4 Å². The highest BCUT2D eigenvalue weighted by Gasteiger charge is 2.31. The maximum Gasteiger partial charge on any atom is 0.331 e. The second-order valence-corrected chi connectivity index (χ2v) is 11.4. The van der Waals surface area contributed by atoms with E-state index in [1.807, 2.05) is 52.8 Å². The van der Waals surface area contributed by atoms with Crippen molar-refractivity contribution in [2.45, 2.75) is 97.7 Å². The number of aliphatic hydroxyl groups is 4. The average molecular weight is 533 g/mol. The Hall–Kier alpha value is -1.99. The molecule has 0 aliphatic carbocycles.